The first-order valence-corrected chi connectivity index (χ1v) is 17.0. The first kappa shape index (κ1) is 31.6. The molecule has 0 aliphatic heterocycles. The third kappa shape index (κ3) is 6.48. The number of rotatable bonds is 10. The molecule has 6 N–H and O–H groups in total. The lowest BCUT2D eigenvalue weighted by molar-refractivity contribution is -0.604. The van der Waals surface area contributed by atoms with Crippen LogP contribution >= 0.6 is 0 Å². The zero-order valence-electron chi connectivity index (χ0n) is 25.1. The highest BCUT2D eigenvalue weighted by molar-refractivity contribution is 7.89. The molecule has 4 heterocycles. The normalized spacial score (nSPS) is 11.8. The number of pyridine rings is 4. The van der Waals surface area contributed by atoms with Gasteiger partial charge in [-0.1, -0.05) is 12.1 Å². The predicted octanol–water partition coefficient (Wildman–Crippen LogP) is 3.12. The molecule has 0 atom stereocenters. The molecule has 240 valence electrons. The Morgan fingerprint density at radius 1 is 0.745 bits per heavy atom. The molecule has 0 amide bonds. The van der Waals surface area contributed by atoms with E-state index in [1.54, 1.807) is 53.5 Å². The van der Waals surface area contributed by atoms with E-state index >= 15 is 0 Å². The molecular weight excluding hydrogens is 645 g/mol. The van der Waals surface area contributed by atoms with Crippen molar-refractivity contribution in [2.24, 2.45) is 10.3 Å². The van der Waals surface area contributed by atoms with Gasteiger partial charge >= 0.3 is 11.7 Å². The van der Waals surface area contributed by atoms with Gasteiger partial charge in [0.2, 0.25) is 25.6 Å². The van der Waals surface area contributed by atoms with Crippen LogP contribution in [0.5, 0.6) is 11.8 Å². The molecule has 0 aliphatic rings. The van der Waals surface area contributed by atoms with Crippen LogP contribution in [0.25, 0.3) is 27.6 Å². The van der Waals surface area contributed by atoms with Crippen molar-refractivity contribution in [3.63, 3.8) is 0 Å². The fraction of sp³-hybridized carbons (Fsp3) is 0.0968. The number of nitrogens with two attached hydrogens (primary N) is 2. The largest absolute Gasteiger partial charge is 0.478 e. The van der Waals surface area contributed by atoms with Crippen LogP contribution in [0.2, 0.25) is 0 Å². The second kappa shape index (κ2) is 12.4. The maximum atomic E-state index is 11.7. The number of methoxy groups -OCH3 is 2. The zero-order chi connectivity index (χ0) is 33.3. The van der Waals surface area contributed by atoms with Gasteiger partial charge in [0.25, 0.3) is 5.88 Å². The average molecular weight is 674 g/mol. The lowest BCUT2D eigenvalue weighted by Crippen LogP contribution is -2.34. The summed E-state index contributed by atoms with van der Waals surface area (Å²) >= 11 is 0. The third-order valence-corrected chi connectivity index (χ3v) is 9.17. The van der Waals surface area contributed by atoms with Crippen molar-refractivity contribution in [2.75, 3.05) is 24.9 Å². The van der Waals surface area contributed by atoms with Gasteiger partial charge < -0.3 is 20.1 Å². The number of benzene rings is 2. The summed E-state index contributed by atoms with van der Waals surface area (Å²) in [7, 11) is -4.58. The van der Waals surface area contributed by atoms with Crippen molar-refractivity contribution in [1.29, 1.82) is 0 Å². The van der Waals surface area contributed by atoms with Crippen LogP contribution in [0, 0.1) is 0 Å². The van der Waals surface area contributed by atoms with Gasteiger partial charge in [0.15, 0.2) is 5.52 Å². The number of aromatic nitrogens is 4. The Morgan fingerprint density at radius 3 is 2.02 bits per heavy atom. The number of nitrogens with one attached hydrogen (secondary N) is 2. The molecule has 0 saturated carbocycles. The van der Waals surface area contributed by atoms with Crippen molar-refractivity contribution < 1.29 is 30.9 Å². The molecule has 2 aromatic carbocycles. The SMILES string of the molecule is COc1nccc2c(Nc3ccc(S(N)(=O)=O)cc3)cc(-[n+]3ccc4c(NCc5ccc(S(N)(=O)=O)cc5)ccnc4c3OC)nc12. The Hall–Kier alpha value is -5.42. The van der Waals surface area contributed by atoms with Crippen molar-refractivity contribution in [3.8, 4) is 17.6 Å². The first-order valence-electron chi connectivity index (χ1n) is 13.9. The van der Waals surface area contributed by atoms with Crippen LogP contribution in [-0.4, -0.2) is 46.0 Å². The molecular formula is C31H29N8O6S2+. The van der Waals surface area contributed by atoms with E-state index in [1.165, 1.54) is 38.5 Å². The van der Waals surface area contributed by atoms with Crippen molar-refractivity contribution in [1.82, 2.24) is 15.0 Å². The quantitative estimate of drug-likeness (QED) is 0.155. The fourth-order valence-corrected chi connectivity index (χ4v) is 6.07. The molecule has 47 heavy (non-hydrogen) atoms. The highest BCUT2D eigenvalue weighted by atomic mass is 32.2. The summed E-state index contributed by atoms with van der Waals surface area (Å²) < 4.78 is 59.8. The minimum absolute atomic E-state index is 0.00744. The Morgan fingerprint density at radius 2 is 1.38 bits per heavy atom. The number of hydrogen-bond acceptors (Lipinski definition) is 11. The Kier molecular flexibility index (Phi) is 8.33. The number of nitrogens with zero attached hydrogens (tertiary/aromatic N) is 4. The van der Waals surface area contributed by atoms with E-state index in [1.807, 2.05) is 18.2 Å². The van der Waals surface area contributed by atoms with Crippen LogP contribution in [0.15, 0.2) is 101 Å². The number of anilines is 3. The van der Waals surface area contributed by atoms with Crippen molar-refractivity contribution >= 4 is 58.9 Å². The summed E-state index contributed by atoms with van der Waals surface area (Å²) in [5.41, 5.74) is 3.90. The molecule has 14 nitrogen and oxygen atoms in total. The summed E-state index contributed by atoms with van der Waals surface area (Å²) in [6.45, 7) is 0.410. The standard InChI is InChI=1S/C31H29N8O6S2/c1-44-30-28-23(11-14-35-30)26(37-20-5-9-22(10-6-20)47(33,42)43)17-27(38-28)39-16-13-24-25(12-15-34-29(24)31(39)45-2)36-18-19-3-7-21(8-4-19)46(32,40)41/h3-17H,18H2,1-2H3,(H,34,36)(H,37,38)(H2,32,40,41)(H2,33,42,43)/q+1. The summed E-state index contributed by atoms with van der Waals surface area (Å²) in [6, 6.07) is 19.7. The molecule has 0 saturated heterocycles. The average Bonchev–Trinajstić information content (AvgIpc) is 3.06. The van der Waals surface area contributed by atoms with E-state index in [0.717, 1.165) is 16.6 Å². The zero-order valence-corrected chi connectivity index (χ0v) is 26.7. The Balaban J connectivity index is 1.40. The maximum Gasteiger partial charge on any atom is 0.333 e. The molecule has 0 unspecified atom stereocenters. The lowest BCUT2D eigenvalue weighted by atomic mass is 10.1. The van der Waals surface area contributed by atoms with Gasteiger partial charge in [-0.25, -0.2) is 37.1 Å². The van der Waals surface area contributed by atoms with Crippen molar-refractivity contribution in [2.45, 2.75) is 16.3 Å². The minimum atomic E-state index is -3.85. The summed E-state index contributed by atoms with van der Waals surface area (Å²) in [6.07, 6.45) is 5.06. The predicted molar refractivity (Wildman–Crippen MR) is 176 cm³/mol. The third-order valence-electron chi connectivity index (χ3n) is 7.31. The van der Waals surface area contributed by atoms with E-state index in [9.17, 15) is 16.8 Å². The van der Waals surface area contributed by atoms with Gasteiger partial charge in [-0.3, -0.25) is 0 Å². The lowest BCUT2D eigenvalue weighted by Gasteiger charge is -2.13. The van der Waals surface area contributed by atoms with E-state index in [-0.39, 0.29) is 9.79 Å². The molecule has 0 spiro atoms. The Bertz CT molecular complexity index is 2350. The second-order valence-corrected chi connectivity index (χ2v) is 13.4. The van der Waals surface area contributed by atoms with Gasteiger partial charge in [-0.2, -0.15) is 4.57 Å². The maximum absolute atomic E-state index is 11.7. The van der Waals surface area contributed by atoms with Gasteiger partial charge in [0.05, 0.1) is 41.2 Å². The molecule has 4 aromatic heterocycles. The van der Waals surface area contributed by atoms with Gasteiger partial charge in [-0.05, 0) is 65.1 Å². The fourth-order valence-electron chi connectivity index (χ4n) is 5.04. The van der Waals surface area contributed by atoms with Crippen LogP contribution in [0.4, 0.5) is 17.1 Å². The smallest absolute Gasteiger partial charge is 0.333 e. The number of fused-ring (bicyclic) bond motifs is 2. The topological polar surface area (TPSA) is 205 Å². The van der Waals surface area contributed by atoms with Gasteiger partial charge in [0, 0.05) is 35.7 Å². The van der Waals surface area contributed by atoms with E-state index in [2.05, 4.69) is 20.6 Å². The van der Waals surface area contributed by atoms with Gasteiger partial charge in [0.1, 0.15) is 6.20 Å². The van der Waals surface area contributed by atoms with Gasteiger partial charge in [-0.15, -0.1) is 0 Å². The highest BCUT2D eigenvalue weighted by Gasteiger charge is 2.24. The van der Waals surface area contributed by atoms with E-state index < -0.39 is 20.0 Å². The minimum Gasteiger partial charge on any atom is -0.478 e. The number of sulfonamides is 2. The number of hydrogen-bond donors (Lipinski definition) is 4. The van der Waals surface area contributed by atoms with Crippen LogP contribution in [-0.2, 0) is 26.6 Å². The number of ether oxygens (including phenoxy) is 2. The molecule has 0 aliphatic carbocycles. The van der Waals surface area contributed by atoms with Crippen LogP contribution in [0.1, 0.15) is 5.56 Å². The van der Waals surface area contributed by atoms with E-state index in [0.29, 0.717) is 51.9 Å². The van der Waals surface area contributed by atoms with E-state index in [4.69, 9.17) is 24.7 Å². The summed E-state index contributed by atoms with van der Waals surface area (Å²) in [4.78, 5) is 13.8. The summed E-state index contributed by atoms with van der Waals surface area (Å²) in [5.74, 6) is 1.17. The molecule has 0 bridgehead atoms. The molecule has 0 radical (unpaired) electrons. The molecule has 6 aromatic rings. The highest BCUT2D eigenvalue weighted by Crippen LogP contribution is 2.33. The molecule has 16 heteroatoms. The molecule has 6 rings (SSSR count). The molecule has 0 fully saturated rings. The second-order valence-electron chi connectivity index (χ2n) is 10.3. The number of primary sulfonamides is 2. The van der Waals surface area contributed by atoms with Crippen LogP contribution < -0.4 is 35.0 Å². The monoisotopic (exact) mass is 673 g/mol. The van der Waals surface area contributed by atoms with Crippen LogP contribution in [0.3, 0.4) is 0 Å². The Labute approximate surface area is 270 Å². The first-order chi connectivity index (χ1) is 22.5. The van der Waals surface area contributed by atoms with Crippen molar-refractivity contribution in [3.05, 3.63) is 97.0 Å². The summed E-state index contributed by atoms with van der Waals surface area (Å²) in [5, 5.41) is 18.7.